The minimum Gasteiger partial charge on any atom is -0.496 e. The molecule has 132 valence electrons. The quantitative estimate of drug-likeness (QED) is 0.789. The fourth-order valence-electron chi connectivity index (χ4n) is 2.90. The number of benzene rings is 2. The molecule has 2 aromatic rings. The van der Waals surface area contributed by atoms with E-state index in [2.05, 4.69) is 0 Å². The lowest BCUT2D eigenvalue weighted by atomic mass is 9.86. The molecule has 0 saturated carbocycles. The molecule has 0 radical (unpaired) electrons. The van der Waals surface area contributed by atoms with Crippen molar-refractivity contribution in [1.29, 1.82) is 5.26 Å². The van der Waals surface area contributed by atoms with Crippen LogP contribution in [0.3, 0.4) is 0 Å². The number of methoxy groups -OCH3 is 2. The molecule has 4 nitrogen and oxygen atoms in total. The van der Waals surface area contributed by atoms with Gasteiger partial charge in [-0.1, -0.05) is 30.3 Å². The van der Waals surface area contributed by atoms with Crippen molar-refractivity contribution in [2.24, 2.45) is 0 Å². The molecule has 0 saturated heterocycles. The van der Waals surface area contributed by atoms with E-state index in [9.17, 15) is 18.0 Å². The van der Waals surface area contributed by atoms with Gasteiger partial charge in [-0.05, 0) is 17.0 Å². The van der Waals surface area contributed by atoms with Crippen molar-refractivity contribution in [3.8, 4) is 11.8 Å². The first-order valence-corrected chi connectivity index (χ1v) is 7.40. The second kappa shape index (κ2) is 7.53. The highest BCUT2D eigenvalue weighted by atomic mass is 19.4. The zero-order valence-corrected chi connectivity index (χ0v) is 13.6. The third-order valence-electron chi connectivity index (χ3n) is 3.95. The first-order valence-electron chi connectivity index (χ1n) is 7.40. The van der Waals surface area contributed by atoms with Crippen molar-refractivity contribution in [1.82, 2.24) is 0 Å². The Kier molecular flexibility index (Phi) is 5.65. The molecule has 0 aliphatic rings. The standard InChI is InChI=1S/C18H16F3NO3/c1-24-15-8-4-5-11-12(15)6-3-7-13(11)16(18(19,20)21)17(25-2)14(23)9-10-22/h3-8,16-17H,9H2,1-2H3. The summed E-state index contributed by atoms with van der Waals surface area (Å²) >= 11 is 0. The second-order valence-corrected chi connectivity index (χ2v) is 5.38. The van der Waals surface area contributed by atoms with Crippen LogP contribution in [0.1, 0.15) is 17.9 Å². The highest BCUT2D eigenvalue weighted by molar-refractivity contribution is 5.93. The molecule has 0 aliphatic heterocycles. The van der Waals surface area contributed by atoms with Gasteiger partial charge in [-0.15, -0.1) is 0 Å². The van der Waals surface area contributed by atoms with Gasteiger partial charge in [0.1, 0.15) is 17.8 Å². The smallest absolute Gasteiger partial charge is 0.398 e. The minimum absolute atomic E-state index is 0.0953. The molecule has 2 unspecified atom stereocenters. The number of fused-ring (bicyclic) bond motifs is 1. The first kappa shape index (κ1) is 18.7. The second-order valence-electron chi connectivity index (χ2n) is 5.38. The van der Waals surface area contributed by atoms with Crippen molar-refractivity contribution < 1.29 is 27.4 Å². The summed E-state index contributed by atoms with van der Waals surface area (Å²) in [7, 11) is 2.46. The topological polar surface area (TPSA) is 59.3 Å². The number of hydrogen-bond donors (Lipinski definition) is 0. The van der Waals surface area contributed by atoms with Gasteiger partial charge in [0.05, 0.1) is 19.6 Å². The number of carbonyl (C=O) groups is 1. The Morgan fingerprint density at radius 3 is 2.36 bits per heavy atom. The molecule has 0 aromatic heterocycles. The van der Waals surface area contributed by atoms with Crippen molar-refractivity contribution in [3.05, 3.63) is 42.0 Å². The zero-order chi connectivity index (χ0) is 18.6. The lowest BCUT2D eigenvalue weighted by Gasteiger charge is -2.28. The molecule has 0 amide bonds. The Morgan fingerprint density at radius 1 is 1.16 bits per heavy atom. The number of alkyl halides is 3. The van der Waals surface area contributed by atoms with Gasteiger partial charge < -0.3 is 9.47 Å². The van der Waals surface area contributed by atoms with E-state index >= 15 is 0 Å². The minimum atomic E-state index is -4.73. The maximum atomic E-state index is 13.8. The van der Waals surface area contributed by atoms with Crippen LogP contribution in [0.4, 0.5) is 13.2 Å². The van der Waals surface area contributed by atoms with Crippen LogP contribution < -0.4 is 4.74 Å². The van der Waals surface area contributed by atoms with Gasteiger partial charge in [-0.3, -0.25) is 4.79 Å². The number of ether oxygens (including phenoxy) is 2. The van der Waals surface area contributed by atoms with Crippen LogP contribution in [0, 0.1) is 11.3 Å². The van der Waals surface area contributed by atoms with Crippen molar-refractivity contribution in [2.45, 2.75) is 24.6 Å². The summed E-state index contributed by atoms with van der Waals surface area (Å²) in [6.07, 6.45) is -7.18. The third kappa shape index (κ3) is 3.74. The average Bonchev–Trinajstić information content (AvgIpc) is 2.57. The normalized spacial score (nSPS) is 13.9. The Labute approximate surface area is 142 Å². The summed E-state index contributed by atoms with van der Waals surface area (Å²) in [5.74, 6) is -2.67. The number of rotatable bonds is 6. The molecule has 0 N–H and O–H groups in total. The lowest BCUT2D eigenvalue weighted by molar-refractivity contribution is -0.180. The van der Waals surface area contributed by atoms with E-state index in [1.807, 2.05) is 0 Å². The van der Waals surface area contributed by atoms with Gasteiger partial charge in [-0.2, -0.15) is 18.4 Å². The third-order valence-corrected chi connectivity index (χ3v) is 3.95. The molecule has 2 atom stereocenters. The van der Waals surface area contributed by atoms with E-state index in [0.29, 0.717) is 16.5 Å². The van der Waals surface area contributed by atoms with Gasteiger partial charge in [-0.25, -0.2) is 0 Å². The number of nitriles is 1. The van der Waals surface area contributed by atoms with Gasteiger partial charge in [0.25, 0.3) is 0 Å². The van der Waals surface area contributed by atoms with Crippen LogP contribution in [0.5, 0.6) is 5.75 Å². The highest BCUT2D eigenvalue weighted by Gasteiger charge is 2.49. The number of Topliss-reactive ketones (excluding diaryl/α,β-unsaturated/α-hetero) is 1. The fourth-order valence-corrected chi connectivity index (χ4v) is 2.90. The molecule has 2 rings (SSSR count). The molecule has 0 fully saturated rings. The van der Waals surface area contributed by atoms with E-state index in [-0.39, 0.29) is 5.56 Å². The summed E-state index contributed by atoms with van der Waals surface area (Å²) < 4.78 is 51.5. The van der Waals surface area contributed by atoms with Crippen molar-refractivity contribution in [2.75, 3.05) is 14.2 Å². The van der Waals surface area contributed by atoms with E-state index in [1.165, 1.54) is 25.3 Å². The van der Waals surface area contributed by atoms with Crippen LogP contribution in [0.15, 0.2) is 36.4 Å². The summed E-state index contributed by atoms with van der Waals surface area (Å²) in [4.78, 5) is 12.0. The Hall–Kier alpha value is -2.59. The summed E-state index contributed by atoms with van der Waals surface area (Å²) in [5.41, 5.74) is -0.0953. The summed E-state index contributed by atoms with van der Waals surface area (Å²) in [5, 5.41) is 9.47. The van der Waals surface area contributed by atoms with Crippen LogP contribution in [0.2, 0.25) is 0 Å². The van der Waals surface area contributed by atoms with Crippen LogP contribution in [0.25, 0.3) is 10.8 Å². The van der Waals surface area contributed by atoms with Crippen molar-refractivity contribution in [3.63, 3.8) is 0 Å². The molecule has 7 heteroatoms. The maximum absolute atomic E-state index is 13.8. The van der Waals surface area contributed by atoms with E-state index in [0.717, 1.165) is 7.11 Å². The monoisotopic (exact) mass is 351 g/mol. The van der Waals surface area contributed by atoms with Gasteiger partial charge in [0.15, 0.2) is 5.78 Å². The van der Waals surface area contributed by atoms with E-state index < -0.39 is 30.4 Å². The lowest BCUT2D eigenvalue weighted by Crippen LogP contribution is -2.38. The van der Waals surface area contributed by atoms with E-state index in [4.69, 9.17) is 14.7 Å². The molecular weight excluding hydrogens is 335 g/mol. The molecule has 0 bridgehead atoms. The van der Waals surface area contributed by atoms with Gasteiger partial charge >= 0.3 is 6.18 Å². The van der Waals surface area contributed by atoms with E-state index in [1.54, 1.807) is 24.3 Å². The number of ketones is 1. The number of halogens is 3. The largest absolute Gasteiger partial charge is 0.496 e. The summed E-state index contributed by atoms with van der Waals surface area (Å²) in [6.45, 7) is 0. The number of hydrogen-bond acceptors (Lipinski definition) is 4. The molecule has 2 aromatic carbocycles. The zero-order valence-electron chi connectivity index (χ0n) is 13.6. The SMILES string of the molecule is COc1cccc2c(C(C(OC)C(=O)CC#N)C(F)(F)F)cccc12. The predicted octanol–water partition coefficient (Wildman–Crippen LogP) is 3.99. The predicted molar refractivity (Wildman–Crippen MR) is 85.3 cm³/mol. The van der Waals surface area contributed by atoms with Crippen molar-refractivity contribution >= 4 is 16.6 Å². The Bertz CT molecular complexity index is 811. The Morgan fingerprint density at radius 2 is 1.80 bits per heavy atom. The number of carbonyl (C=O) groups excluding carboxylic acids is 1. The van der Waals surface area contributed by atoms with Crippen LogP contribution >= 0.6 is 0 Å². The average molecular weight is 351 g/mol. The maximum Gasteiger partial charge on any atom is 0.398 e. The number of nitrogens with zero attached hydrogens (tertiary/aromatic N) is 1. The van der Waals surface area contributed by atoms with Crippen LogP contribution in [-0.4, -0.2) is 32.3 Å². The van der Waals surface area contributed by atoms with Crippen LogP contribution in [-0.2, 0) is 9.53 Å². The highest BCUT2D eigenvalue weighted by Crippen LogP contribution is 2.43. The van der Waals surface area contributed by atoms with Gasteiger partial charge in [0.2, 0.25) is 0 Å². The molecular formula is C18H16F3NO3. The fraction of sp³-hybridized carbons (Fsp3) is 0.333. The molecule has 0 heterocycles. The Balaban J connectivity index is 2.70. The van der Waals surface area contributed by atoms with Gasteiger partial charge in [0, 0.05) is 12.5 Å². The summed E-state index contributed by atoms with van der Waals surface area (Å²) in [6, 6.07) is 10.8. The molecule has 25 heavy (non-hydrogen) atoms. The molecule has 0 aliphatic carbocycles. The molecule has 0 spiro atoms. The first-order chi connectivity index (χ1) is 11.8.